The number of carboxylic acid groups (broad SMARTS) is 1. The Bertz CT molecular complexity index is 366. The minimum Gasteiger partial charge on any atom is -0.480 e. The lowest BCUT2D eigenvalue weighted by molar-refractivity contribution is -0.136. The zero-order valence-electron chi connectivity index (χ0n) is 11.7. The summed E-state index contributed by atoms with van der Waals surface area (Å²) in [5, 5.41) is 8.93. The molecule has 0 heterocycles. The van der Waals surface area contributed by atoms with Crippen LogP contribution in [0.15, 0.2) is 30.3 Å². The molecule has 0 aromatic heterocycles. The van der Waals surface area contributed by atoms with E-state index >= 15 is 0 Å². The van der Waals surface area contributed by atoms with E-state index in [1.165, 1.54) is 0 Å². The van der Waals surface area contributed by atoms with Gasteiger partial charge in [0.15, 0.2) is 0 Å². The highest BCUT2D eigenvalue weighted by Crippen LogP contribution is 2.17. The second kappa shape index (κ2) is 8.99. The van der Waals surface area contributed by atoms with Gasteiger partial charge in [0, 0.05) is 12.3 Å². The maximum absolute atomic E-state index is 11.3. The number of aliphatic carboxylic acids is 1. The highest BCUT2D eigenvalue weighted by molar-refractivity contribution is 8.00. The lowest BCUT2D eigenvalue weighted by Crippen LogP contribution is -2.27. The molecule has 0 saturated carbocycles. The Morgan fingerprint density at radius 2 is 1.89 bits per heavy atom. The number of benzene rings is 1. The molecule has 0 aliphatic carbocycles. The second-order valence-electron chi connectivity index (χ2n) is 4.41. The monoisotopic (exact) mass is 281 g/mol. The quantitative estimate of drug-likeness (QED) is 0.755. The summed E-state index contributed by atoms with van der Waals surface area (Å²) in [7, 11) is 0. The fourth-order valence-electron chi connectivity index (χ4n) is 1.91. The van der Waals surface area contributed by atoms with E-state index in [1.807, 2.05) is 30.3 Å². The fourth-order valence-corrected chi connectivity index (χ4v) is 3.01. The molecule has 0 aliphatic heterocycles. The van der Waals surface area contributed by atoms with Crippen molar-refractivity contribution in [3.8, 4) is 0 Å². The maximum atomic E-state index is 11.3. The molecule has 1 unspecified atom stereocenters. The van der Waals surface area contributed by atoms with E-state index in [1.54, 1.807) is 11.8 Å². The largest absolute Gasteiger partial charge is 0.480 e. The number of thioether (sulfide) groups is 1. The van der Waals surface area contributed by atoms with E-state index in [0.29, 0.717) is 6.42 Å². The minimum atomic E-state index is -0.714. The van der Waals surface area contributed by atoms with Crippen LogP contribution in [-0.2, 0) is 11.2 Å². The van der Waals surface area contributed by atoms with Crippen molar-refractivity contribution >= 4 is 17.7 Å². The fraction of sp³-hybridized carbons (Fsp3) is 0.533. The molecule has 3 nitrogen and oxygen atoms in total. The third-order valence-corrected chi connectivity index (χ3v) is 4.35. The van der Waals surface area contributed by atoms with Crippen LogP contribution >= 0.6 is 11.8 Å². The lowest BCUT2D eigenvalue weighted by atomic mass is 10.1. The minimum absolute atomic E-state index is 0.349. The van der Waals surface area contributed by atoms with Gasteiger partial charge in [-0.1, -0.05) is 44.2 Å². The average Bonchev–Trinajstić information content (AvgIpc) is 2.43. The van der Waals surface area contributed by atoms with Gasteiger partial charge >= 0.3 is 5.97 Å². The van der Waals surface area contributed by atoms with Crippen molar-refractivity contribution in [1.82, 2.24) is 4.90 Å². The van der Waals surface area contributed by atoms with Gasteiger partial charge in [0.1, 0.15) is 5.25 Å². The van der Waals surface area contributed by atoms with Crippen LogP contribution in [0.3, 0.4) is 0 Å². The Morgan fingerprint density at radius 1 is 1.26 bits per heavy atom. The zero-order chi connectivity index (χ0) is 14.1. The van der Waals surface area contributed by atoms with Crippen molar-refractivity contribution in [1.29, 1.82) is 0 Å². The number of rotatable bonds is 9. The molecule has 0 bridgehead atoms. The Hall–Kier alpha value is -1.00. The molecule has 1 atom stereocenters. The number of carbonyl (C=O) groups is 1. The van der Waals surface area contributed by atoms with Crippen LogP contribution < -0.4 is 0 Å². The molecule has 106 valence electrons. The molecule has 0 fully saturated rings. The molecular weight excluding hydrogens is 258 g/mol. The Balaban J connectivity index is 2.43. The first-order valence-corrected chi connectivity index (χ1v) is 7.82. The number of hydrogen-bond donors (Lipinski definition) is 1. The van der Waals surface area contributed by atoms with Gasteiger partial charge < -0.3 is 10.0 Å². The van der Waals surface area contributed by atoms with Gasteiger partial charge in [0.05, 0.1) is 0 Å². The first-order chi connectivity index (χ1) is 9.17. The second-order valence-corrected chi connectivity index (χ2v) is 5.72. The van der Waals surface area contributed by atoms with Crippen molar-refractivity contribution in [2.24, 2.45) is 0 Å². The van der Waals surface area contributed by atoms with Crippen LogP contribution in [0, 0.1) is 0 Å². The summed E-state index contributed by atoms with van der Waals surface area (Å²) in [4.78, 5) is 13.6. The normalized spacial score (nSPS) is 12.6. The van der Waals surface area contributed by atoms with Gasteiger partial charge in [-0.05, 0) is 25.1 Å². The van der Waals surface area contributed by atoms with Gasteiger partial charge in [0.25, 0.3) is 0 Å². The van der Waals surface area contributed by atoms with Crippen LogP contribution in [0.5, 0.6) is 0 Å². The predicted molar refractivity (Wildman–Crippen MR) is 81.8 cm³/mol. The summed E-state index contributed by atoms with van der Waals surface area (Å²) in [6.45, 7) is 7.26. The molecule has 1 N–H and O–H groups in total. The van der Waals surface area contributed by atoms with Crippen molar-refractivity contribution in [3.05, 3.63) is 35.9 Å². The summed E-state index contributed by atoms with van der Waals surface area (Å²) in [5.74, 6) is 0.152. The van der Waals surface area contributed by atoms with Crippen LogP contribution in [0.1, 0.15) is 19.4 Å². The molecule has 19 heavy (non-hydrogen) atoms. The molecular formula is C15H23NO2S. The van der Waals surface area contributed by atoms with Crippen LogP contribution in [0.2, 0.25) is 0 Å². The van der Waals surface area contributed by atoms with Gasteiger partial charge in [-0.25, -0.2) is 0 Å². The highest BCUT2D eigenvalue weighted by Gasteiger charge is 2.18. The topological polar surface area (TPSA) is 40.5 Å². The number of carboxylic acids is 1. The maximum Gasteiger partial charge on any atom is 0.316 e. The summed E-state index contributed by atoms with van der Waals surface area (Å²) >= 11 is 1.54. The van der Waals surface area contributed by atoms with Gasteiger partial charge in [-0.2, -0.15) is 0 Å². The molecule has 1 aromatic rings. The lowest BCUT2D eigenvalue weighted by Gasteiger charge is -2.19. The van der Waals surface area contributed by atoms with E-state index in [9.17, 15) is 9.90 Å². The van der Waals surface area contributed by atoms with Crippen LogP contribution in [-0.4, -0.2) is 46.6 Å². The third-order valence-electron chi connectivity index (χ3n) is 3.16. The summed E-state index contributed by atoms with van der Waals surface area (Å²) in [6.07, 6.45) is 0.596. The average molecular weight is 281 g/mol. The van der Waals surface area contributed by atoms with Gasteiger partial charge in [0.2, 0.25) is 0 Å². The Morgan fingerprint density at radius 3 is 2.42 bits per heavy atom. The number of nitrogens with zero attached hydrogens (tertiary/aromatic N) is 1. The highest BCUT2D eigenvalue weighted by atomic mass is 32.2. The Kier molecular flexibility index (Phi) is 7.60. The van der Waals surface area contributed by atoms with Crippen molar-refractivity contribution in [2.45, 2.75) is 25.5 Å². The zero-order valence-corrected chi connectivity index (χ0v) is 12.5. The van der Waals surface area contributed by atoms with E-state index in [0.717, 1.165) is 31.0 Å². The van der Waals surface area contributed by atoms with Crippen molar-refractivity contribution in [2.75, 3.05) is 25.4 Å². The van der Waals surface area contributed by atoms with E-state index < -0.39 is 5.97 Å². The summed E-state index contributed by atoms with van der Waals surface area (Å²) in [5.41, 5.74) is 1.09. The van der Waals surface area contributed by atoms with E-state index in [-0.39, 0.29) is 5.25 Å². The first-order valence-electron chi connectivity index (χ1n) is 6.78. The van der Waals surface area contributed by atoms with Crippen LogP contribution in [0.4, 0.5) is 0 Å². The Labute approximate surface area is 120 Å². The molecule has 1 rings (SSSR count). The first kappa shape index (κ1) is 16.1. The van der Waals surface area contributed by atoms with Gasteiger partial charge in [-0.3, -0.25) is 4.79 Å². The van der Waals surface area contributed by atoms with Crippen LogP contribution in [0.25, 0.3) is 0 Å². The van der Waals surface area contributed by atoms with Crippen molar-refractivity contribution in [3.63, 3.8) is 0 Å². The van der Waals surface area contributed by atoms with Gasteiger partial charge in [-0.15, -0.1) is 11.8 Å². The van der Waals surface area contributed by atoms with Crippen molar-refractivity contribution < 1.29 is 9.90 Å². The molecule has 1 aromatic carbocycles. The SMILES string of the molecule is CCN(CC)CCSC(Cc1ccccc1)C(=O)O. The summed E-state index contributed by atoms with van der Waals surface area (Å²) < 4.78 is 0. The smallest absolute Gasteiger partial charge is 0.316 e. The number of hydrogen-bond acceptors (Lipinski definition) is 3. The molecule has 0 spiro atoms. The summed E-state index contributed by atoms with van der Waals surface area (Å²) in [6, 6.07) is 9.83. The molecule has 0 aliphatic rings. The van der Waals surface area contributed by atoms with E-state index in [2.05, 4.69) is 18.7 Å². The standard InChI is InChI=1S/C15H23NO2S/c1-3-16(4-2)10-11-19-14(15(17)18)12-13-8-6-5-7-9-13/h5-9,14H,3-4,10-12H2,1-2H3,(H,17,18). The predicted octanol–water partition coefficient (Wildman–Crippen LogP) is 2.76. The molecule has 0 radical (unpaired) electrons. The van der Waals surface area contributed by atoms with E-state index in [4.69, 9.17) is 0 Å². The third kappa shape index (κ3) is 6.12. The molecule has 0 saturated heterocycles. The molecule has 4 heteroatoms. The molecule has 0 amide bonds.